The normalized spacial score (nSPS) is 31.1. The second kappa shape index (κ2) is 8.07. The average Bonchev–Trinajstić information content (AvgIpc) is 3.08. The number of methoxy groups -OCH3 is 1. The van der Waals surface area contributed by atoms with Crippen LogP contribution in [0.1, 0.15) is 22.3 Å². The van der Waals surface area contributed by atoms with Crippen molar-refractivity contribution in [2.24, 2.45) is 0 Å². The molecule has 0 bridgehead atoms. The third-order valence-corrected chi connectivity index (χ3v) is 7.61. The number of halogens is 1. The second-order valence-electron chi connectivity index (χ2n) is 7.35. The van der Waals surface area contributed by atoms with Crippen LogP contribution < -0.4 is 4.74 Å². The van der Waals surface area contributed by atoms with E-state index in [9.17, 15) is 20.4 Å². The van der Waals surface area contributed by atoms with Gasteiger partial charge in [0.1, 0.15) is 18.0 Å². The molecule has 1 saturated heterocycles. The Morgan fingerprint density at radius 3 is 2.55 bits per heavy atom. The van der Waals surface area contributed by atoms with Gasteiger partial charge < -0.3 is 29.9 Å². The van der Waals surface area contributed by atoms with Crippen LogP contribution in [0, 0.1) is 0 Å². The van der Waals surface area contributed by atoms with Crippen LogP contribution in [-0.4, -0.2) is 57.7 Å². The van der Waals surface area contributed by atoms with E-state index < -0.39 is 28.5 Å². The van der Waals surface area contributed by atoms with E-state index in [1.165, 1.54) is 0 Å². The van der Waals surface area contributed by atoms with Crippen LogP contribution in [-0.2, 0) is 22.7 Å². The monoisotopic (exact) mass is 438 g/mol. The number of ether oxygens (including phenoxy) is 2. The van der Waals surface area contributed by atoms with Gasteiger partial charge >= 0.3 is 0 Å². The van der Waals surface area contributed by atoms with Crippen molar-refractivity contribution in [2.75, 3.05) is 13.7 Å². The average molecular weight is 439 g/mol. The zero-order valence-electron chi connectivity index (χ0n) is 15.8. The fourth-order valence-electron chi connectivity index (χ4n) is 3.95. The van der Waals surface area contributed by atoms with Crippen molar-refractivity contribution in [3.8, 4) is 5.75 Å². The molecule has 1 spiro atoms. The standard InChI is InChI=1S/C21H23ClO6S/c1-27-14-4-2-11(3-5-14)6-12-7-15-13(8-16(12)22)10-28-21(15)20(26)19(25)18(24)17(9-23)29-21/h2-5,7-8,17-20,23-26H,6,9-10H2,1H3/t17-,18-,19+,20-,21+/m1/s1. The Hall–Kier alpha value is -1.32. The molecule has 4 N–H and O–H groups in total. The van der Waals surface area contributed by atoms with Crippen molar-refractivity contribution in [1.82, 2.24) is 0 Å². The van der Waals surface area contributed by atoms with Crippen LogP contribution in [0.15, 0.2) is 36.4 Å². The maximum atomic E-state index is 10.8. The van der Waals surface area contributed by atoms with Gasteiger partial charge in [-0.3, -0.25) is 0 Å². The zero-order valence-corrected chi connectivity index (χ0v) is 17.4. The summed E-state index contributed by atoms with van der Waals surface area (Å²) in [5.41, 5.74) is 3.43. The lowest BCUT2D eigenvalue weighted by Gasteiger charge is -2.45. The lowest BCUT2D eigenvalue weighted by atomic mass is 9.91. The van der Waals surface area contributed by atoms with Gasteiger partial charge in [-0.05, 0) is 47.4 Å². The van der Waals surface area contributed by atoms with Crippen molar-refractivity contribution in [3.05, 3.63) is 63.7 Å². The van der Waals surface area contributed by atoms with Gasteiger partial charge in [0.2, 0.25) is 0 Å². The minimum absolute atomic E-state index is 0.225. The smallest absolute Gasteiger partial charge is 0.168 e. The van der Waals surface area contributed by atoms with Crippen molar-refractivity contribution in [2.45, 2.75) is 41.5 Å². The first kappa shape index (κ1) is 20.9. The van der Waals surface area contributed by atoms with E-state index in [-0.39, 0.29) is 13.2 Å². The van der Waals surface area contributed by atoms with E-state index in [0.29, 0.717) is 17.0 Å². The Balaban J connectivity index is 1.71. The van der Waals surface area contributed by atoms with Gasteiger partial charge in [0, 0.05) is 10.6 Å². The number of aliphatic hydroxyl groups is 4. The predicted molar refractivity (Wildman–Crippen MR) is 110 cm³/mol. The number of aliphatic hydroxyl groups excluding tert-OH is 4. The third-order valence-electron chi connectivity index (χ3n) is 5.59. The highest BCUT2D eigenvalue weighted by Gasteiger charge is 2.57. The summed E-state index contributed by atoms with van der Waals surface area (Å²) < 4.78 is 11.2. The Morgan fingerprint density at radius 1 is 1.17 bits per heavy atom. The van der Waals surface area contributed by atoms with Crippen LogP contribution in [0.25, 0.3) is 0 Å². The van der Waals surface area contributed by atoms with Crippen LogP contribution in [0.5, 0.6) is 5.75 Å². The Labute approximate surface area is 178 Å². The second-order valence-corrected chi connectivity index (χ2v) is 9.20. The molecule has 29 heavy (non-hydrogen) atoms. The molecule has 6 nitrogen and oxygen atoms in total. The molecule has 0 amide bonds. The van der Waals surface area contributed by atoms with Crippen molar-refractivity contribution >= 4 is 23.4 Å². The van der Waals surface area contributed by atoms with E-state index in [0.717, 1.165) is 34.2 Å². The van der Waals surface area contributed by atoms with Crippen molar-refractivity contribution in [3.63, 3.8) is 0 Å². The van der Waals surface area contributed by atoms with Crippen LogP contribution >= 0.6 is 23.4 Å². The predicted octanol–water partition coefficient (Wildman–Crippen LogP) is 1.81. The molecule has 1 fully saturated rings. The van der Waals surface area contributed by atoms with E-state index in [1.54, 1.807) is 7.11 Å². The molecule has 8 heteroatoms. The number of hydrogen-bond donors (Lipinski definition) is 4. The Kier molecular flexibility index (Phi) is 5.83. The quantitative estimate of drug-likeness (QED) is 0.577. The molecule has 2 aromatic rings. The summed E-state index contributed by atoms with van der Waals surface area (Å²) in [5.74, 6) is 0.769. The molecule has 156 valence electrons. The summed E-state index contributed by atoms with van der Waals surface area (Å²) in [7, 11) is 1.62. The van der Waals surface area contributed by atoms with Gasteiger partial charge in [0.15, 0.2) is 4.93 Å². The largest absolute Gasteiger partial charge is 0.497 e. The van der Waals surface area contributed by atoms with Crippen LogP contribution in [0.2, 0.25) is 5.02 Å². The summed E-state index contributed by atoms with van der Waals surface area (Å²) in [6, 6.07) is 11.4. The van der Waals surface area contributed by atoms with Gasteiger partial charge in [-0.2, -0.15) is 0 Å². The molecule has 0 unspecified atom stereocenters. The fourth-order valence-corrected chi connectivity index (χ4v) is 5.75. The first-order chi connectivity index (χ1) is 13.9. The Morgan fingerprint density at radius 2 is 1.90 bits per heavy atom. The third kappa shape index (κ3) is 3.55. The summed E-state index contributed by atoms with van der Waals surface area (Å²) in [4.78, 5) is -1.26. The molecular weight excluding hydrogens is 416 g/mol. The van der Waals surface area contributed by atoms with Crippen molar-refractivity contribution in [1.29, 1.82) is 0 Å². The van der Waals surface area contributed by atoms with E-state index in [4.69, 9.17) is 21.1 Å². The summed E-state index contributed by atoms with van der Waals surface area (Å²) >= 11 is 7.65. The molecule has 4 rings (SSSR count). The molecule has 2 aliphatic heterocycles. The molecular formula is C21H23ClO6S. The molecule has 2 aliphatic rings. The summed E-state index contributed by atoms with van der Waals surface area (Å²) in [6.07, 6.45) is -3.45. The zero-order chi connectivity index (χ0) is 20.8. The maximum absolute atomic E-state index is 10.8. The van der Waals surface area contributed by atoms with E-state index >= 15 is 0 Å². The molecule has 0 saturated carbocycles. The van der Waals surface area contributed by atoms with Crippen LogP contribution in [0.3, 0.4) is 0 Å². The van der Waals surface area contributed by atoms with Gasteiger partial charge in [-0.25, -0.2) is 0 Å². The van der Waals surface area contributed by atoms with Crippen LogP contribution in [0.4, 0.5) is 0 Å². The fraction of sp³-hybridized carbons (Fsp3) is 0.429. The lowest BCUT2D eigenvalue weighted by molar-refractivity contribution is -0.147. The highest BCUT2D eigenvalue weighted by atomic mass is 35.5. The summed E-state index contributed by atoms with van der Waals surface area (Å²) in [6.45, 7) is -0.120. The topological polar surface area (TPSA) is 99.4 Å². The summed E-state index contributed by atoms with van der Waals surface area (Å²) in [5, 5.41) is 40.8. The maximum Gasteiger partial charge on any atom is 0.168 e. The minimum Gasteiger partial charge on any atom is -0.497 e. The molecule has 0 aromatic heterocycles. The van der Waals surface area contributed by atoms with Gasteiger partial charge in [-0.1, -0.05) is 23.7 Å². The van der Waals surface area contributed by atoms with E-state index in [2.05, 4.69) is 0 Å². The number of benzene rings is 2. The SMILES string of the molecule is COc1ccc(Cc2cc3c(cc2Cl)CO[C@]32S[C@H](CO)[C@@H](O)[C@H](O)[C@H]2O)cc1. The highest BCUT2D eigenvalue weighted by molar-refractivity contribution is 8.00. The number of rotatable bonds is 4. The molecule has 0 aliphatic carbocycles. The first-order valence-electron chi connectivity index (χ1n) is 9.31. The number of thioether (sulfide) groups is 1. The first-order valence-corrected chi connectivity index (χ1v) is 10.6. The van der Waals surface area contributed by atoms with Gasteiger partial charge in [0.05, 0.1) is 31.7 Å². The van der Waals surface area contributed by atoms with Gasteiger partial charge in [0.25, 0.3) is 0 Å². The molecule has 2 aromatic carbocycles. The van der Waals surface area contributed by atoms with Gasteiger partial charge in [-0.15, -0.1) is 11.8 Å². The molecule has 2 heterocycles. The number of hydrogen-bond acceptors (Lipinski definition) is 7. The van der Waals surface area contributed by atoms with E-state index in [1.807, 2.05) is 36.4 Å². The Bertz CT molecular complexity index is 889. The lowest BCUT2D eigenvalue weighted by Crippen LogP contribution is -2.58. The van der Waals surface area contributed by atoms with Crippen molar-refractivity contribution < 1.29 is 29.9 Å². The molecule has 5 atom stereocenters. The highest BCUT2D eigenvalue weighted by Crippen LogP contribution is 2.54. The minimum atomic E-state index is -1.43. The molecule has 0 radical (unpaired) electrons. The number of fused-ring (bicyclic) bond motifs is 2.